The molecule has 1 saturated heterocycles. The molecule has 2 aliphatic heterocycles. The van der Waals surface area contributed by atoms with E-state index < -0.39 is 0 Å². The van der Waals surface area contributed by atoms with Gasteiger partial charge in [-0.05, 0) is 38.0 Å². The summed E-state index contributed by atoms with van der Waals surface area (Å²) >= 11 is 0. The fraction of sp³-hybridized carbons (Fsp3) is 0.600. The Hall–Kier alpha value is -1.26. The van der Waals surface area contributed by atoms with Crippen LogP contribution in [-0.4, -0.2) is 41.4 Å². The van der Waals surface area contributed by atoms with Crippen molar-refractivity contribution in [2.24, 2.45) is 0 Å². The van der Waals surface area contributed by atoms with Gasteiger partial charge in [0.05, 0.1) is 6.10 Å². The first-order valence-electron chi connectivity index (χ1n) is 6.89. The lowest BCUT2D eigenvalue weighted by Gasteiger charge is -2.34. The van der Waals surface area contributed by atoms with E-state index in [1.807, 2.05) is 6.07 Å². The minimum Gasteiger partial charge on any atom is -0.486 e. The molecule has 2 heterocycles. The predicted molar refractivity (Wildman–Crippen MR) is 72.5 cm³/mol. The highest BCUT2D eigenvalue weighted by atomic mass is 16.6. The maximum Gasteiger partial charge on any atom is 0.161 e. The molecule has 1 aromatic carbocycles. The second-order valence-corrected chi connectivity index (χ2v) is 5.86. The van der Waals surface area contributed by atoms with E-state index in [2.05, 4.69) is 30.9 Å². The van der Waals surface area contributed by atoms with Crippen molar-refractivity contribution >= 4 is 0 Å². The molecule has 104 valence electrons. The van der Waals surface area contributed by atoms with Crippen molar-refractivity contribution in [1.29, 1.82) is 0 Å². The lowest BCUT2D eigenvalue weighted by molar-refractivity contribution is 0.0505. The number of ether oxygens (including phenoxy) is 2. The van der Waals surface area contributed by atoms with Crippen LogP contribution in [0.4, 0.5) is 0 Å². The Morgan fingerprint density at radius 3 is 2.68 bits per heavy atom. The number of aliphatic hydroxyl groups excluding tert-OH is 1. The molecule has 0 aliphatic carbocycles. The van der Waals surface area contributed by atoms with E-state index in [0.29, 0.717) is 13.2 Å². The van der Waals surface area contributed by atoms with Crippen LogP contribution in [0.5, 0.6) is 11.5 Å². The molecule has 3 rings (SSSR count). The van der Waals surface area contributed by atoms with Crippen molar-refractivity contribution in [3.05, 3.63) is 23.8 Å². The maximum atomic E-state index is 10.0. The Morgan fingerprint density at radius 2 is 2.00 bits per heavy atom. The molecule has 19 heavy (non-hydrogen) atoms. The monoisotopic (exact) mass is 263 g/mol. The average molecular weight is 263 g/mol. The van der Waals surface area contributed by atoms with Crippen molar-refractivity contribution in [3.63, 3.8) is 0 Å². The molecular formula is C15H21NO3. The summed E-state index contributed by atoms with van der Waals surface area (Å²) in [5.41, 5.74) is 1.04. The Balaban J connectivity index is 1.77. The van der Waals surface area contributed by atoms with Gasteiger partial charge in [-0.3, -0.25) is 4.90 Å². The lowest BCUT2D eigenvalue weighted by Crippen LogP contribution is -2.44. The van der Waals surface area contributed by atoms with Gasteiger partial charge in [-0.1, -0.05) is 6.07 Å². The van der Waals surface area contributed by atoms with Gasteiger partial charge < -0.3 is 14.6 Å². The van der Waals surface area contributed by atoms with Crippen LogP contribution in [0.25, 0.3) is 0 Å². The van der Waals surface area contributed by atoms with E-state index in [1.165, 1.54) is 5.56 Å². The van der Waals surface area contributed by atoms with Crippen LogP contribution in [0.2, 0.25) is 0 Å². The Morgan fingerprint density at radius 1 is 1.26 bits per heavy atom. The third kappa shape index (κ3) is 2.30. The molecule has 0 amide bonds. The van der Waals surface area contributed by atoms with Crippen LogP contribution in [0.15, 0.2) is 18.2 Å². The van der Waals surface area contributed by atoms with Gasteiger partial charge in [-0.25, -0.2) is 0 Å². The molecule has 0 spiro atoms. The number of hydrogen-bond acceptors (Lipinski definition) is 4. The van der Waals surface area contributed by atoms with Gasteiger partial charge in [0.1, 0.15) is 13.2 Å². The molecular weight excluding hydrogens is 242 g/mol. The molecule has 1 fully saturated rings. The topological polar surface area (TPSA) is 41.9 Å². The van der Waals surface area contributed by atoms with E-state index in [-0.39, 0.29) is 11.6 Å². The number of likely N-dealkylation sites (tertiary alicyclic amines) is 1. The van der Waals surface area contributed by atoms with Gasteiger partial charge in [0.25, 0.3) is 0 Å². The quantitative estimate of drug-likeness (QED) is 0.883. The van der Waals surface area contributed by atoms with E-state index in [4.69, 9.17) is 9.47 Å². The maximum absolute atomic E-state index is 10.0. The first kappa shape index (κ1) is 12.8. The van der Waals surface area contributed by atoms with Crippen LogP contribution in [0.3, 0.4) is 0 Å². The molecule has 1 unspecified atom stereocenters. The molecule has 4 heteroatoms. The summed E-state index contributed by atoms with van der Waals surface area (Å²) in [7, 11) is 0. The molecule has 0 bridgehead atoms. The van der Waals surface area contributed by atoms with E-state index in [1.54, 1.807) is 0 Å². The zero-order valence-corrected chi connectivity index (χ0v) is 11.6. The zero-order chi connectivity index (χ0) is 13.5. The molecule has 0 aromatic heterocycles. The summed E-state index contributed by atoms with van der Waals surface area (Å²) < 4.78 is 11.1. The molecule has 1 atom stereocenters. The van der Waals surface area contributed by atoms with E-state index in [9.17, 15) is 5.11 Å². The second kappa shape index (κ2) is 4.69. The van der Waals surface area contributed by atoms with Crippen LogP contribution in [-0.2, 0) is 6.54 Å². The summed E-state index contributed by atoms with van der Waals surface area (Å²) in [5.74, 6) is 1.66. The molecule has 0 saturated carbocycles. The first-order chi connectivity index (χ1) is 9.07. The number of hydrogen-bond donors (Lipinski definition) is 1. The van der Waals surface area contributed by atoms with E-state index >= 15 is 0 Å². The third-order valence-electron chi connectivity index (χ3n) is 4.28. The highest BCUT2D eigenvalue weighted by molar-refractivity contribution is 5.43. The fourth-order valence-electron chi connectivity index (χ4n) is 2.82. The average Bonchev–Trinajstić information content (AvgIpc) is 2.65. The van der Waals surface area contributed by atoms with Gasteiger partial charge in [0, 0.05) is 18.6 Å². The van der Waals surface area contributed by atoms with Crippen LogP contribution in [0, 0.1) is 0 Å². The van der Waals surface area contributed by atoms with Crippen molar-refractivity contribution in [2.75, 3.05) is 19.8 Å². The van der Waals surface area contributed by atoms with Crippen LogP contribution < -0.4 is 9.47 Å². The molecule has 1 aromatic rings. The highest BCUT2D eigenvalue weighted by Gasteiger charge is 2.39. The van der Waals surface area contributed by atoms with Crippen LogP contribution >= 0.6 is 0 Å². The minimum absolute atomic E-state index is 0.159. The summed E-state index contributed by atoms with van der Waals surface area (Å²) in [6.45, 7) is 7.21. The van der Waals surface area contributed by atoms with Crippen molar-refractivity contribution < 1.29 is 14.6 Å². The molecule has 2 aliphatic rings. The predicted octanol–water partition coefficient (Wildman–Crippen LogP) is 1.80. The van der Waals surface area contributed by atoms with E-state index in [0.717, 1.165) is 31.0 Å². The number of rotatable bonds is 2. The number of nitrogens with zero attached hydrogens (tertiary/aromatic N) is 1. The fourth-order valence-corrected chi connectivity index (χ4v) is 2.82. The summed E-state index contributed by atoms with van der Waals surface area (Å²) in [6, 6.07) is 6.10. The van der Waals surface area contributed by atoms with Crippen molar-refractivity contribution in [1.82, 2.24) is 4.90 Å². The normalized spacial score (nSPS) is 25.5. The number of aliphatic hydroxyl groups is 1. The summed E-state index contributed by atoms with van der Waals surface area (Å²) in [4.78, 5) is 2.32. The second-order valence-electron chi connectivity index (χ2n) is 5.86. The highest BCUT2D eigenvalue weighted by Crippen LogP contribution is 2.34. The van der Waals surface area contributed by atoms with Gasteiger partial charge in [0.15, 0.2) is 11.5 Å². The third-order valence-corrected chi connectivity index (χ3v) is 4.28. The molecule has 0 radical (unpaired) electrons. The largest absolute Gasteiger partial charge is 0.486 e. The zero-order valence-electron chi connectivity index (χ0n) is 11.6. The SMILES string of the molecule is CC1(C)C(O)CCN1Cc1ccc2c(c1)OCCO2. The molecule has 1 N–H and O–H groups in total. The Kier molecular flexibility index (Phi) is 3.15. The van der Waals surface area contributed by atoms with Gasteiger partial charge in [0.2, 0.25) is 0 Å². The van der Waals surface area contributed by atoms with Gasteiger partial charge in [-0.15, -0.1) is 0 Å². The Labute approximate surface area is 113 Å². The number of benzene rings is 1. The summed E-state index contributed by atoms with van der Waals surface area (Å²) in [5, 5.41) is 10.0. The smallest absolute Gasteiger partial charge is 0.161 e. The standard InChI is InChI=1S/C15H21NO3/c1-15(2)14(17)5-6-16(15)10-11-3-4-12-13(9-11)19-8-7-18-12/h3-4,9,14,17H,5-8,10H2,1-2H3. The lowest BCUT2D eigenvalue weighted by atomic mass is 9.98. The van der Waals surface area contributed by atoms with Crippen molar-refractivity contribution in [3.8, 4) is 11.5 Å². The number of fused-ring (bicyclic) bond motifs is 1. The minimum atomic E-state index is -0.246. The molecule has 4 nitrogen and oxygen atoms in total. The first-order valence-corrected chi connectivity index (χ1v) is 6.89. The Bertz CT molecular complexity index is 472. The summed E-state index contributed by atoms with van der Waals surface area (Å²) in [6.07, 6.45) is 0.599. The van der Waals surface area contributed by atoms with Crippen molar-refractivity contribution in [2.45, 2.75) is 38.5 Å². The van der Waals surface area contributed by atoms with Gasteiger partial charge in [-0.2, -0.15) is 0 Å². The van der Waals surface area contributed by atoms with Gasteiger partial charge >= 0.3 is 0 Å². The van der Waals surface area contributed by atoms with Crippen LogP contribution in [0.1, 0.15) is 25.8 Å².